The first-order valence-electron chi connectivity index (χ1n) is 9.84. The van der Waals surface area contributed by atoms with Crippen molar-refractivity contribution in [2.75, 3.05) is 33.2 Å². The van der Waals surface area contributed by atoms with E-state index in [0.29, 0.717) is 11.3 Å². The number of anilines is 1. The number of methoxy groups -OCH3 is 2. The Kier molecular flexibility index (Phi) is 6.90. The van der Waals surface area contributed by atoms with Crippen molar-refractivity contribution in [2.45, 2.75) is 0 Å². The molecule has 0 radical (unpaired) electrons. The first-order valence-corrected chi connectivity index (χ1v) is 9.84. The second-order valence-corrected chi connectivity index (χ2v) is 7.14. The van der Waals surface area contributed by atoms with Crippen LogP contribution in [-0.4, -0.2) is 51.1 Å². The zero-order chi connectivity index (χ0) is 23.3. The molecule has 0 atom stereocenters. The summed E-state index contributed by atoms with van der Waals surface area (Å²) in [6.07, 6.45) is 6.56. The second-order valence-electron chi connectivity index (χ2n) is 7.14. The molecule has 1 aliphatic rings. The number of benzene rings is 2. The second kappa shape index (κ2) is 9.78. The fourth-order valence-electron chi connectivity index (χ4n) is 3.24. The van der Waals surface area contributed by atoms with Crippen LogP contribution >= 0.6 is 0 Å². The van der Waals surface area contributed by atoms with Crippen molar-refractivity contribution in [3.8, 4) is 11.1 Å². The highest BCUT2D eigenvalue weighted by atomic mass is 16.5. The molecule has 0 N–H and O–H groups in total. The standard InChI is InChI=1S/C25H24N2O5/c1-26(2)23(28)19-10-8-17(9-11-19)18-12-14-20(15-13-18)27-16-6-5-7-21(24(29)31-3)22(27)25(30)32-4/h5-16H,1-4H3. The smallest absolute Gasteiger partial charge is 0.355 e. The number of ether oxygens (including phenoxy) is 2. The van der Waals surface area contributed by atoms with Crippen molar-refractivity contribution in [3.63, 3.8) is 0 Å². The van der Waals surface area contributed by atoms with Crippen LogP contribution in [0.15, 0.2) is 84.2 Å². The quantitative estimate of drug-likeness (QED) is 0.673. The number of hydrogen-bond acceptors (Lipinski definition) is 6. The van der Waals surface area contributed by atoms with E-state index in [1.54, 1.807) is 49.5 Å². The Balaban J connectivity index is 1.95. The van der Waals surface area contributed by atoms with Gasteiger partial charge in [-0.2, -0.15) is 0 Å². The Morgan fingerprint density at radius 2 is 1.34 bits per heavy atom. The molecular weight excluding hydrogens is 408 g/mol. The average molecular weight is 432 g/mol. The fraction of sp³-hybridized carbons (Fsp3) is 0.160. The summed E-state index contributed by atoms with van der Waals surface area (Å²) in [5, 5.41) is 0. The van der Waals surface area contributed by atoms with E-state index in [4.69, 9.17) is 9.47 Å². The zero-order valence-electron chi connectivity index (χ0n) is 18.4. The van der Waals surface area contributed by atoms with Crippen molar-refractivity contribution in [3.05, 3.63) is 89.8 Å². The topological polar surface area (TPSA) is 76.2 Å². The normalized spacial score (nSPS) is 12.9. The summed E-state index contributed by atoms with van der Waals surface area (Å²) >= 11 is 0. The van der Waals surface area contributed by atoms with Crippen LogP contribution in [0.3, 0.4) is 0 Å². The lowest BCUT2D eigenvalue weighted by Gasteiger charge is -2.23. The molecule has 2 aromatic carbocycles. The number of esters is 2. The molecule has 164 valence electrons. The number of carbonyl (C=O) groups excluding carboxylic acids is 3. The van der Waals surface area contributed by atoms with Crippen molar-refractivity contribution >= 4 is 23.5 Å². The molecule has 0 aliphatic carbocycles. The van der Waals surface area contributed by atoms with Crippen LogP contribution in [0.25, 0.3) is 11.1 Å². The Morgan fingerprint density at radius 3 is 1.88 bits per heavy atom. The van der Waals surface area contributed by atoms with Crippen LogP contribution < -0.4 is 4.90 Å². The van der Waals surface area contributed by atoms with E-state index < -0.39 is 11.9 Å². The van der Waals surface area contributed by atoms with Gasteiger partial charge in [0.25, 0.3) is 5.91 Å². The first-order chi connectivity index (χ1) is 15.4. The lowest BCUT2D eigenvalue weighted by atomic mass is 10.0. The predicted molar refractivity (Wildman–Crippen MR) is 122 cm³/mol. The third kappa shape index (κ3) is 4.62. The average Bonchev–Trinajstić information content (AvgIpc) is 3.06. The summed E-state index contributed by atoms with van der Waals surface area (Å²) < 4.78 is 9.75. The highest BCUT2D eigenvalue weighted by Gasteiger charge is 2.27. The van der Waals surface area contributed by atoms with Gasteiger partial charge in [0, 0.05) is 31.5 Å². The van der Waals surface area contributed by atoms with Gasteiger partial charge in [0.1, 0.15) is 5.70 Å². The summed E-state index contributed by atoms with van der Waals surface area (Å²) in [5.41, 5.74) is 3.30. The van der Waals surface area contributed by atoms with Crippen LogP contribution in [0.2, 0.25) is 0 Å². The van der Waals surface area contributed by atoms with Gasteiger partial charge in [-0.3, -0.25) is 4.79 Å². The number of carbonyl (C=O) groups is 3. The minimum absolute atomic E-state index is 0.0583. The number of hydrogen-bond donors (Lipinski definition) is 0. The van der Waals surface area contributed by atoms with E-state index in [2.05, 4.69) is 0 Å². The molecule has 0 spiro atoms. The number of allylic oxidation sites excluding steroid dienone is 2. The maximum atomic E-state index is 12.5. The van der Waals surface area contributed by atoms with E-state index >= 15 is 0 Å². The van der Waals surface area contributed by atoms with Crippen molar-refractivity contribution in [1.82, 2.24) is 4.90 Å². The third-order valence-corrected chi connectivity index (χ3v) is 4.91. The zero-order valence-corrected chi connectivity index (χ0v) is 18.4. The SMILES string of the molecule is COC(=O)C1=C(C(=O)OC)N(c2ccc(-c3ccc(C(=O)N(C)C)cc3)cc2)C=CC=C1. The number of amides is 1. The van der Waals surface area contributed by atoms with Gasteiger partial charge >= 0.3 is 11.9 Å². The molecule has 32 heavy (non-hydrogen) atoms. The van der Waals surface area contributed by atoms with E-state index in [9.17, 15) is 14.4 Å². The molecule has 0 saturated heterocycles. The van der Waals surface area contributed by atoms with Gasteiger partial charge in [-0.15, -0.1) is 0 Å². The molecule has 0 fully saturated rings. The summed E-state index contributed by atoms with van der Waals surface area (Å²) in [4.78, 5) is 40.0. The van der Waals surface area contributed by atoms with Gasteiger partial charge < -0.3 is 19.3 Å². The number of rotatable bonds is 5. The van der Waals surface area contributed by atoms with Crippen LogP contribution in [0.5, 0.6) is 0 Å². The van der Waals surface area contributed by atoms with Crippen LogP contribution in [-0.2, 0) is 19.1 Å². The minimum atomic E-state index is -0.660. The van der Waals surface area contributed by atoms with Gasteiger partial charge in [-0.25, -0.2) is 9.59 Å². The summed E-state index contributed by atoms with van der Waals surface area (Å²) in [6, 6.07) is 14.8. The molecule has 1 amide bonds. The van der Waals surface area contributed by atoms with Crippen molar-refractivity contribution < 1.29 is 23.9 Å². The molecule has 7 nitrogen and oxygen atoms in total. The molecule has 0 aromatic heterocycles. The molecular formula is C25H24N2O5. The monoisotopic (exact) mass is 432 g/mol. The molecule has 0 bridgehead atoms. The molecule has 1 heterocycles. The van der Waals surface area contributed by atoms with E-state index in [1.165, 1.54) is 25.2 Å². The van der Waals surface area contributed by atoms with Gasteiger partial charge in [-0.1, -0.05) is 30.3 Å². The summed E-state index contributed by atoms with van der Waals surface area (Å²) in [5.74, 6) is -1.36. The molecule has 1 aliphatic heterocycles. The summed E-state index contributed by atoms with van der Waals surface area (Å²) in [7, 11) is 5.94. The molecule has 0 saturated carbocycles. The van der Waals surface area contributed by atoms with Gasteiger partial charge in [-0.05, 0) is 47.5 Å². The van der Waals surface area contributed by atoms with Gasteiger partial charge in [0.2, 0.25) is 0 Å². The highest BCUT2D eigenvalue weighted by Crippen LogP contribution is 2.29. The molecule has 7 heteroatoms. The lowest BCUT2D eigenvalue weighted by Crippen LogP contribution is -2.26. The Hall–Kier alpha value is -4.13. The highest BCUT2D eigenvalue weighted by molar-refractivity contribution is 6.05. The lowest BCUT2D eigenvalue weighted by molar-refractivity contribution is -0.139. The molecule has 3 rings (SSSR count). The van der Waals surface area contributed by atoms with E-state index in [1.807, 2.05) is 36.4 Å². The number of nitrogens with zero attached hydrogens (tertiary/aromatic N) is 2. The summed E-state index contributed by atoms with van der Waals surface area (Å²) in [6.45, 7) is 0. The predicted octanol–water partition coefficient (Wildman–Crippen LogP) is 3.55. The Bertz CT molecular complexity index is 1110. The maximum Gasteiger partial charge on any atom is 0.355 e. The van der Waals surface area contributed by atoms with Crippen molar-refractivity contribution in [1.29, 1.82) is 0 Å². The van der Waals surface area contributed by atoms with Crippen LogP contribution in [0.1, 0.15) is 10.4 Å². The molecule has 0 unspecified atom stereocenters. The van der Waals surface area contributed by atoms with Crippen LogP contribution in [0, 0.1) is 0 Å². The first kappa shape index (κ1) is 22.6. The Labute approximate surface area is 186 Å². The minimum Gasteiger partial charge on any atom is -0.465 e. The fourth-order valence-corrected chi connectivity index (χ4v) is 3.24. The van der Waals surface area contributed by atoms with Crippen LogP contribution in [0.4, 0.5) is 5.69 Å². The van der Waals surface area contributed by atoms with E-state index in [0.717, 1.165) is 11.1 Å². The van der Waals surface area contributed by atoms with Crippen molar-refractivity contribution in [2.24, 2.45) is 0 Å². The van der Waals surface area contributed by atoms with Gasteiger partial charge in [0.15, 0.2) is 0 Å². The van der Waals surface area contributed by atoms with Gasteiger partial charge in [0.05, 0.1) is 19.8 Å². The maximum absolute atomic E-state index is 12.5. The third-order valence-electron chi connectivity index (χ3n) is 4.91. The Morgan fingerprint density at radius 1 is 0.781 bits per heavy atom. The largest absolute Gasteiger partial charge is 0.465 e. The molecule has 2 aromatic rings. The van der Waals surface area contributed by atoms with E-state index in [-0.39, 0.29) is 17.2 Å².